The maximum atomic E-state index is 12.6. The van der Waals surface area contributed by atoms with Crippen LogP contribution in [0.1, 0.15) is 123 Å². The zero-order valence-electron chi connectivity index (χ0n) is 37.9. The lowest BCUT2D eigenvalue weighted by Crippen LogP contribution is -2.29. The van der Waals surface area contributed by atoms with Crippen LogP contribution in [0.5, 0.6) is 0 Å². The number of rotatable bonds is 40. The standard InChI is InChI=1S/C48H76O14P2/c1-3-4-5-6-7-8-9-10-11-12-13-14-17-21-24-27-30-33-36-39-48(52)62-46(43-61-64(56,57)60-41-45(50)40-59-63(53,54)55)42-58-47(51)38-35-32-29-26-23-20-18-15-16-19-22-25-28-31-34-37-44(2)49/h4-5,7-8,10-11,13-14,16,18-21,24-26,28-30,33,44-46,49-50H,3,6,9,12,15,17,22-23,27,31-32,34-43H2,1-2H3,(H,56,57)(H2,53,54,55)/b5-4-,8-7-,11-10-,14-13-,19-16-,20-18-,24-21-,28-25-,29-26-,33-30-/t44-,45+,46-/m1/s1. The third-order valence-corrected chi connectivity index (χ3v) is 9.79. The molecule has 0 spiro atoms. The molecule has 5 N–H and O–H groups in total. The molecule has 0 aliphatic heterocycles. The highest BCUT2D eigenvalue weighted by molar-refractivity contribution is 7.47. The second kappa shape index (κ2) is 42.1. The number of aliphatic hydroxyl groups is 2. The van der Waals surface area contributed by atoms with Gasteiger partial charge in [0.2, 0.25) is 0 Å². The maximum Gasteiger partial charge on any atom is 0.472 e. The van der Waals surface area contributed by atoms with Crippen LogP contribution in [0.2, 0.25) is 0 Å². The highest BCUT2D eigenvalue weighted by Crippen LogP contribution is 2.43. The second-order valence-corrected chi connectivity index (χ2v) is 17.2. The summed E-state index contributed by atoms with van der Waals surface area (Å²) >= 11 is 0. The van der Waals surface area contributed by atoms with Gasteiger partial charge in [-0.1, -0.05) is 128 Å². The Morgan fingerprint density at radius 2 is 0.906 bits per heavy atom. The minimum atomic E-state index is -4.89. The van der Waals surface area contributed by atoms with Crippen molar-refractivity contribution in [1.29, 1.82) is 0 Å². The van der Waals surface area contributed by atoms with Crippen molar-refractivity contribution >= 4 is 27.6 Å². The predicted octanol–water partition coefficient (Wildman–Crippen LogP) is 10.6. The van der Waals surface area contributed by atoms with E-state index in [0.717, 1.165) is 70.6 Å². The fraction of sp³-hybridized carbons (Fsp3) is 0.542. The quantitative estimate of drug-likeness (QED) is 0.0167. The van der Waals surface area contributed by atoms with Crippen LogP contribution in [0.3, 0.4) is 0 Å². The van der Waals surface area contributed by atoms with Crippen LogP contribution in [0.25, 0.3) is 0 Å². The number of phosphoric acid groups is 2. The van der Waals surface area contributed by atoms with Crippen molar-refractivity contribution in [3.8, 4) is 0 Å². The summed E-state index contributed by atoms with van der Waals surface area (Å²) in [7, 11) is -9.74. The van der Waals surface area contributed by atoms with E-state index in [0.29, 0.717) is 25.7 Å². The molecule has 0 aromatic carbocycles. The van der Waals surface area contributed by atoms with E-state index in [-0.39, 0.29) is 18.9 Å². The Morgan fingerprint density at radius 1 is 0.500 bits per heavy atom. The smallest absolute Gasteiger partial charge is 0.462 e. The molecule has 0 aliphatic rings. The van der Waals surface area contributed by atoms with Gasteiger partial charge in [-0.2, -0.15) is 0 Å². The minimum absolute atomic E-state index is 0.0195. The SMILES string of the molecule is CC/C=C\C/C=C\C/C=C\C/C=C\C/C=C\C/C=C\CCC(=O)O[C@H](COC(=O)CCC/C=C\C/C=C\C/C=C\C/C=C\CCC[C@@H](C)O)COP(=O)(O)OC[C@@H](O)COP(=O)(O)O. The van der Waals surface area contributed by atoms with E-state index < -0.39 is 66.2 Å². The lowest BCUT2D eigenvalue weighted by atomic mass is 10.1. The summed E-state index contributed by atoms with van der Waals surface area (Å²) in [5.74, 6) is -1.23. The molecule has 0 amide bonds. The lowest BCUT2D eigenvalue weighted by Gasteiger charge is -2.20. The summed E-state index contributed by atoms with van der Waals surface area (Å²) in [5.41, 5.74) is 0. The van der Waals surface area contributed by atoms with E-state index in [1.807, 2.05) is 30.4 Å². The minimum Gasteiger partial charge on any atom is -0.462 e. The van der Waals surface area contributed by atoms with Gasteiger partial charge in [-0.25, -0.2) is 9.13 Å². The Balaban J connectivity index is 4.74. The number of hydrogen-bond acceptors (Lipinski definition) is 11. The van der Waals surface area contributed by atoms with Crippen molar-refractivity contribution in [3.63, 3.8) is 0 Å². The van der Waals surface area contributed by atoms with Crippen LogP contribution < -0.4 is 0 Å². The number of hydrogen-bond donors (Lipinski definition) is 5. The van der Waals surface area contributed by atoms with Gasteiger partial charge in [0.25, 0.3) is 0 Å². The molecule has 1 unspecified atom stereocenters. The van der Waals surface area contributed by atoms with Crippen LogP contribution >= 0.6 is 15.6 Å². The van der Waals surface area contributed by atoms with Gasteiger partial charge < -0.3 is 34.4 Å². The molecular weight excluding hydrogens is 862 g/mol. The van der Waals surface area contributed by atoms with E-state index >= 15 is 0 Å². The lowest BCUT2D eigenvalue weighted by molar-refractivity contribution is -0.161. The number of carbonyl (C=O) groups is 2. The second-order valence-electron chi connectivity index (χ2n) is 14.5. The Labute approximate surface area is 382 Å². The van der Waals surface area contributed by atoms with Crippen molar-refractivity contribution in [2.24, 2.45) is 0 Å². The Hall–Kier alpha value is -3.52. The van der Waals surface area contributed by atoms with E-state index in [1.54, 1.807) is 6.92 Å². The third kappa shape index (κ3) is 46.5. The van der Waals surface area contributed by atoms with Crippen molar-refractivity contribution in [3.05, 3.63) is 122 Å². The number of aliphatic hydroxyl groups excluding tert-OH is 2. The molecule has 0 fully saturated rings. The molecule has 0 aliphatic carbocycles. The monoisotopic (exact) mass is 938 g/mol. The highest BCUT2D eigenvalue weighted by atomic mass is 31.2. The summed E-state index contributed by atoms with van der Waals surface area (Å²) in [6.45, 7) is 1.02. The van der Waals surface area contributed by atoms with Gasteiger partial charge in [-0.05, 0) is 103 Å². The van der Waals surface area contributed by atoms with Crippen LogP contribution in [0.4, 0.5) is 0 Å². The maximum absolute atomic E-state index is 12.6. The average Bonchev–Trinajstić information content (AvgIpc) is 3.24. The summed E-state index contributed by atoms with van der Waals surface area (Å²) in [5, 5.41) is 19.0. The molecule has 362 valence electrons. The van der Waals surface area contributed by atoms with Crippen molar-refractivity contribution in [2.75, 3.05) is 26.4 Å². The van der Waals surface area contributed by atoms with Crippen LogP contribution in [0.15, 0.2) is 122 Å². The van der Waals surface area contributed by atoms with E-state index in [4.69, 9.17) is 23.8 Å². The van der Waals surface area contributed by atoms with Crippen molar-refractivity contribution in [1.82, 2.24) is 0 Å². The first-order valence-corrected chi connectivity index (χ1v) is 25.3. The molecule has 16 heteroatoms. The van der Waals surface area contributed by atoms with Gasteiger partial charge in [-0.3, -0.25) is 23.2 Å². The summed E-state index contributed by atoms with van der Waals surface area (Å²) in [6.07, 6.45) is 50.6. The first kappa shape index (κ1) is 60.5. The van der Waals surface area contributed by atoms with Gasteiger partial charge >= 0.3 is 27.6 Å². The Morgan fingerprint density at radius 3 is 1.36 bits per heavy atom. The number of unbranched alkanes of at least 4 members (excludes halogenated alkanes) is 2. The fourth-order valence-corrected chi connectivity index (χ4v) is 6.19. The normalized spacial score (nSPS) is 15.5. The molecule has 4 atom stereocenters. The molecule has 0 aromatic heterocycles. The molecule has 0 aromatic rings. The molecule has 0 radical (unpaired) electrons. The predicted molar refractivity (Wildman–Crippen MR) is 254 cm³/mol. The average molecular weight is 939 g/mol. The molecule has 14 nitrogen and oxygen atoms in total. The first-order chi connectivity index (χ1) is 30.7. The van der Waals surface area contributed by atoms with Crippen molar-refractivity contribution < 1.29 is 66.7 Å². The molecule has 0 saturated heterocycles. The molecule has 0 heterocycles. The van der Waals surface area contributed by atoms with Gasteiger partial charge in [0.1, 0.15) is 12.7 Å². The summed E-state index contributed by atoms with van der Waals surface area (Å²) in [4.78, 5) is 52.7. The van der Waals surface area contributed by atoms with Gasteiger partial charge in [0.05, 0.1) is 25.9 Å². The van der Waals surface area contributed by atoms with Gasteiger partial charge in [0, 0.05) is 12.8 Å². The summed E-state index contributed by atoms with van der Waals surface area (Å²) in [6, 6.07) is 0. The van der Waals surface area contributed by atoms with Gasteiger partial charge in [-0.15, -0.1) is 0 Å². The number of esters is 2. The first-order valence-electron chi connectivity index (χ1n) is 22.3. The Bertz CT molecular complexity index is 1600. The largest absolute Gasteiger partial charge is 0.472 e. The Kier molecular flexibility index (Phi) is 39.8. The molecule has 0 saturated carbocycles. The van der Waals surface area contributed by atoms with Crippen LogP contribution in [-0.2, 0) is 41.8 Å². The molecule has 0 bridgehead atoms. The topological polar surface area (TPSA) is 216 Å². The van der Waals surface area contributed by atoms with E-state index in [1.165, 1.54) is 0 Å². The van der Waals surface area contributed by atoms with Crippen LogP contribution in [0, 0.1) is 0 Å². The van der Waals surface area contributed by atoms with E-state index in [9.17, 15) is 33.8 Å². The third-order valence-electron chi connectivity index (χ3n) is 8.36. The fourth-order valence-electron chi connectivity index (χ4n) is 5.03. The zero-order valence-corrected chi connectivity index (χ0v) is 39.7. The molecule has 64 heavy (non-hydrogen) atoms. The number of ether oxygens (including phenoxy) is 2. The molecular formula is C48H76O14P2. The van der Waals surface area contributed by atoms with Crippen LogP contribution in [-0.4, -0.2) is 81.6 Å². The highest BCUT2D eigenvalue weighted by Gasteiger charge is 2.28. The summed E-state index contributed by atoms with van der Waals surface area (Å²) < 4.78 is 47.6. The zero-order chi connectivity index (χ0) is 47.4. The van der Waals surface area contributed by atoms with E-state index in [2.05, 4.69) is 107 Å². The number of phosphoric ester groups is 2. The number of allylic oxidation sites excluding steroid dienone is 20. The van der Waals surface area contributed by atoms with Gasteiger partial charge in [0.15, 0.2) is 6.10 Å². The van der Waals surface area contributed by atoms with Crippen molar-refractivity contribution in [2.45, 2.75) is 141 Å². The number of carbonyl (C=O) groups excluding carboxylic acids is 2. The molecule has 0 rings (SSSR count).